The Morgan fingerprint density at radius 3 is 2.48 bits per heavy atom. The Bertz CT molecular complexity index is 983. The fourth-order valence-corrected chi connectivity index (χ4v) is 4.04. The van der Waals surface area contributed by atoms with Crippen molar-refractivity contribution in [2.24, 2.45) is 0 Å². The molecule has 2 aromatic carbocycles. The molecule has 0 bridgehead atoms. The summed E-state index contributed by atoms with van der Waals surface area (Å²) in [6.45, 7) is 7.39. The minimum absolute atomic E-state index is 0.120. The van der Waals surface area contributed by atoms with Crippen LogP contribution < -0.4 is 10.2 Å². The molecule has 1 amide bonds. The molecule has 1 heterocycles. The Labute approximate surface area is 160 Å². The van der Waals surface area contributed by atoms with E-state index in [0.717, 1.165) is 16.8 Å². The highest BCUT2D eigenvalue weighted by atomic mass is 32.2. The molecule has 2 aromatic rings. The van der Waals surface area contributed by atoms with Crippen molar-refractivity contribution in [3.05, 3.63) is 53.6 Å². The molecule has 7 heteroatoms. The molecule has 27 heavy (non-hydrogen) atoms. The van der Waals surface area contributed by atoms with Crippen LogP contribution in [0.4, 0.5) is 11.4 Å². The van der Waals surface area contributed by atoms with Crippen LogP contribution in [0.25, 0.3) is 0 Å². The van der Waals surface area contributed by atoms with Gasteiger partial charge in [-0.2, -0.15) is 8.42 Å². The molecule has 0 unspecified atom stereocenters. The predicted octanol–water partition coefficient (Wildman–Crippen LogP) is 3.25. The first-order valence-corrected chi connectivity index (χ1v) is 10.2. The molecule has 0 fully saturated rings. The van der Waals surface area contributed by atoms with Crippen LogP contribution in [0.5, 0.6) is 0 Å². The topological polar surface area (TPSA) is 75.7 Å². The van der Waals surface area contributed by atoms with E-state index in [1.54, 1.807) is 30.9 Å². The van der Waals surface area contributed by atoms with Gasteiger partial charge in [0.1, 0.15) is 5.54 Å². The second-order valence-corrected chi connectivity index (χ2v) is 8.86. The first kappa shape index (κ1) is 19.4. The lowest BCUT2D eigenvalue weighted by atomic mass is 9.98. The maximum atomic E-state index is 12.8. The SMILES string of the molecule is Cc1ccc(S(=O)(=O)OCCN2C(=O)C(C)(C)Nc3ccccc32)cc1C. The van der Waals surface area contributed by atoms with Crippen molar-refractivity contribution in [1.82, 2.24) is 0 Å². The molecule has 0 radical (unpaired) electrons. The Kier molecular flexibility index (Phi) is 5.01. The van der Waals surface area contributed by atoms with Crippen LogP contribution in [0.2, 0.25) is 0 Å². The lowest BCUT2D eigenvalue weighted by molar-refractivity contribution is -0.122. The van der Waals surface area contributed by atoms with Crippen LogP contribution in [-0.4, -0.2) is 33.0 Å². The zero-order valence-corrected chi connectivity index (χ0v) is 16.8. The number of para-hydroxylation sites is 2. The second-order valence-electron chi connectivity index (χ2n) is 7.25. The molecule has 144 valence electrons. The van der Waals surface area contributed by atoms with Crippen molar-refractivity contribution >= 4 is 27.4 Å². The van der Waals surface area contributed by atoms with Gasteiger partial charge < -0.3 is 10.2 Å². The normalized spacial score (nSPS) is 16.0. The molecule has 0 aliphatic carbocycles. The molecule has 0 spiro atoms. The largest absolute Gasteiger partial charge is 0.370 e. The Hall–Kier alpha value is -2.38. The quantitative estimate of drug-likeness (QED) is 0.796. The Balaban J connectivity index is 1.76. The summed E-state index contributed by atoms with van der Waals surface area (Å²) in [6, 6.07) is 12.3. The van der Waals surface area contributed by atoms with E-state index >= 15 is 0 Å². The van der Waals surface area contributed by atoms with Crippen LogP contribution >= 0.6 is 0 Å². The van der Waals surface area contributed by atoms with Crippen molar-refractivity contribution in [2.45, 2.75) is 38.1 Å². The number of carbonyl (C=O) groups is 1. The summed E-state index contributed by atoms with van der Waals surface area (Å²) in [5, 5.41) is 3.21. The molecule has 0 saturated carbocycles. The first-order chi connectivity index (χ1) is 12.6. The van der Waals surface area contributed by atoms with E-state index in [0.29, 0.717) is 5.69 Å². The molecule has 1 aliphatic rings. The summed E-state index contributed by atoms with van der Waals surface area (Å²) in [7, 11) is -3.88. The van der Waals surface area contributed by atoms with Gasteiger partial charge in [0.15, 0.2) is 0 Å². The van der Waals surface area contributed by atoms with Gasteiger partial charge in [-0.25, -0.2) is 0 Å². The number of amides is 1. The highest BCUT2D eigenvalue weighted by Crippen LogP contribution is 2.34. The van der Waals surface area contributed by atoms with Gasteiger partial charge in [-0.1, -0.05) is 18.2 Å². The second kappa shape index (κ2) is 6.98. The minimum atomic E-state index is -3.88. The third-order valence-corrected chi connectivity index (χ3v) is 6.05. The number of aryl methyl sites for hydroxylation is 2. The molecule has 3 rings (SSSR count). The van der Waals surface area contributed by atoms with Crippen molar-refractivity contribution in [2.75, 3.05) is 23.4 Å². The highest BCUT2D eigenvalue weighted by molar-refractivity contribution is 7.86. The first-order valence-electron chi connectivity index (χ1n) is 8.78. The van der Waals surface area contributed by atoms with Gasteiger partial charge in [0, 0.05) is 0 Å². The Morgan fingerprint density at radius 2 is 1.78 bits per heavy atom. The molecular weight excluding hydrogens is 364 g/mol. The Morgan fingerprint density at radius 1 is 1.07 bits per heavy atom. The summed E-state index contributed by atoms with van der Waals surface area (Å²) in [4.78, 5) is 14.5. The van der Waals surface area contributed by atoms with Gasteiger partial charge in [-0.05, 0) is 63.1 Å². The lowest BCUT2D eigenvalue weighted by Gasteiger charge is -2.39. The number of fused-ring (bicyclic) bond motifs is 1. The average molecular weight is 388 g/mol. The molecule has 0 aromatic heterocycles. The van der Waals surface area contributed by atoms with E-state index in [4.69, 9.17) is 4.18 Å². The summed E-state index contributed by atoms with van der Waals surface area (Å²) in [5.41, 5.74) is 2.67. The summed E-state index contributed by atoms with van der Waals surface area (Å²) < 4.78 is 30.1. The van der Waals surface area contributed by atoms with Crippen molar-refractivity contribution < 1.29 is 17.4 Å². The fraction of sp³-hybridized carbons (Fsp3) is 0.350. The van der Waals surface area contributed by atoms with E-state index in [2.05, 4.69) is 5.32 Å². The van der Waals surface area contributed by atoms with Crippen LogP contribution in [0.1, 0.15) is 25.0 Å². The number of rotatable bonds is 5. The van der Waals surface area contributed by atoms with Crippen molar-refractivity contribution in [1.29, 1.82) is 0 Å². The lowest BCUT2D eigenvalue weighted by Crippen LogP contribution is -2.54. The average Bonchev–Trinajstić information content (AvgIpc) is 2.60. The number of benzene rings is 2. The minimum Gasteiger partial charge on any atom is -0.370 e. The van der Waals surface area contributed by atoms with Gasteiger partial charge in [0.25, 0.3) is 16.0 Å². The number of carbonyl (C=O) groups excluding carboxylic acids is 1. The molecule has 1 N–H and O–H groups in total. The highest BCUT2D eigenvalue weighted by Gasteiger charge is 2.38. The molecule has 0 saturated heterocycles. The standard InChI is InChI=1S/C20H24N2O4S/c1-14-9-10-16(13-15(14)2)27(24,25)26-12-11-22-18-8-6-5-7-17(18)21-20(3,4)19(22)23/h5-10,13,21H,11-12H2,1-4H3. The molecule has 6 nitrogen and oxygen atoms in total. The van der Waals surface area contributed by atoms with Gasteiger partial charge >= 0.3 is 0 Å². The van der Waals surface area contributed by atoms with Crippen molar-refractivity contribution in [3.8, 4) is 0 Å². The van der Waals surface area contributed by atoms with Crippen LogP contribution in [0, 0.1) is 13.8 Å². The number of nitrogens with one attached hydrogen (secondary N) is 1. The van der Waals surface area contributed by atoms with Gasteiger partial charge in [0.05, 0.1) is 29.4 Å². The monoisotopic (exact) mass is 388 g/mol. The van der Waals surface area contributed by atoms with Crippen LogP contribution in [0.3, 0.4) is 0 Å². The third kappa shape index (κ3) is 3.84. The van der Waals surface area contributed by atoms with E-state index in [1.165, 1.54) is 6.07 Å². The number of hydrogen-bond acceptors (Lipinski definition) is 5. The summed E-state index contributed by atoms with van der Waals surface area (Å²) >= 11 is 0. The molecule has 0 atom stereocenters. The zero-order chi connectivity index (χ0) is 19.8. The van der Waals surface area contributed by atoms with E-state index in [1.807, 2.05) is 38.1 Å². The van der Waals surface area contributed by atoms with E-state index in [9.17, 15) is 13.2 Å². The van der Waals surface area contributed by atoms with Gasteiger partial charge in [-0.15, -0.1) is 0 Å². The maximum absolute atomic E-state index is 12.8. The van der Waals surface area contributed by atoms with Gasteiger partial charge in [-0.3, -0.25) is 8.98 Å². The van der Waals surface area contributed by atoms with Crippen LogP contribution in [-0.2, 0) is 19.1 Å². The van der Waals surface area contributed by atoms with E-state index < -0.39 is 15.7 Å². The van der Waals surface area contributed by atoms with Crippen molar-refractivity contribution in [3.63, 3.8) is 0 Å². The molecular formula is C20H24N2O4S. The zero-order valence-electron chi connectivity index (χ0n) is 15.9. The summed E-state index contributed by atoms with van der Waals surface area (Å²) in [5.74, 6) is -0.131. The number of anilines is 2. The van der Waals surface area contributed by atoms with E-state index in [-0.39, 0.29) is 24.0 Å². The maximum Gasteiger partial charge on any atom is 0.297 e. The number of nitrogens with zero attached hydrogens (tertiary/aromatic N) is 1. The molecule has 1 aliphatic heterocycles. The summed E-state index contributed by atoms with van der Waals surface area (Å²) in [6.07, 6.45) is 0. The van der Waals surface area contributed by atoms with Gasteiger partial charge in [0.2, 0.25) is 0 Å². The number of hydrogen-bond donors (Lipinski definition) is 1. The predicted molar refractivity (Wildman–Crippen MR) is 106 cm³/mol. The third-order valence-electron chi connectivity index (χ3n) is 4.74. The fourth-order valence-electron chi connectivity index (χ4n) is 3.05. The smallest absolute Gasteiger partial charge is 0.297 e. The van der Waals surface area contributed by atoms with Crippen LogP contribution in [0.15, 0.2) is 47.4 Å².